The summed E-state index contributed by atoms with van der Waals surface area (Å²) in [4.78, 5) is -0.253. The number of methoxy groups -OCH3 is 1. The van der Waals surface area contributed by atoms with E-state index in [1.54, 1.807) is 0 Å². The van der Waals surface area contributed by atoms with E-state index in [0.29, 0.717) is 6.07 Å². The summed E-state index contributed by atoms with van der Waals surface area (Å²) < 4.78 is 70.1. The molecule has 0 unspecified atom stereocenters. The van der Waals surface area contributed by atoms with Crippen LogP contribution < -0.4 is 9.46 Å². The van der Waals surface area contributed by atoms with Gasteiger partial charge in [0.05, 0.1) is 33.3 Å². The summed E-state index contributed by atoms with van der Waals surface area (Å²) in [6, 6.07) is 5.99. The second-order valence-electron chi connectivity index (χ2n) is 4.59. The van der Waals surface area contributed by atoms with Gasteiger partial charge in [0.15, 0.2) is 0 Å². The van der Waals surface area contributed by atoms with Crippen LogP contribution in [0.15, 0.2) is 41.3 Å². The van der Waals surface area contributed by atoms with Gasteiger partial charge in [0.2, 0.25) is 0 Å². The Morgan fingerprint density at radius 3 is 2.25 bits per heavy atom. The van der Waals surface area contributed by atoms with Crippen LogP contribution in [0.5, 0.6) is 5.75 Å². The molecule has 0 aromatic heterocycles. The zero-order valence-electron chi connectivity index (χ0n) is 12.0. The van der Waals surface area contributed by atoms with Gasteiger partial charge in [-0.25, -0.2) is 8.42 Å². The normalized spacial score (nSPS) is 12.1. The molecule has 0 heterocycles. The highest BCUT2D eigenvalue weighted by atomic mass is 35.5. The van der Waals surface area contributed by atoms with Gasteiger partial charge in [0.1, 0.15) is 5.75 Å². The molecular formula is C14H10Cl2F3NO3S. The third kappa shape index (κ3) is 4.06. The fraction of sp³-hybridized carbons (Fsp3) is 0.143. The molecule has 0 fully saturated rings. The van der Waals surface area contributed by atoms with E-state index in [0.717, 1.165) is 18.2 Å². The first-order valence-electron chi connectivity index (χ1n) is 6.27. The predicted molar refractivity (Wildman–Crippen MR) is 85.3 cm³/mol. The van der Waals surface area contributed by atoms with E-state index < -0.39 is 21.8 Å². The minimum atomic E-state index is -4.63. The van der Waals surface area contributed by atoms with E-state index in [9.17, 15) is 21.6 Å². The zero-order chi connectivity index (χ0) is 18.1. The molecule has 0 atom stereocenters. The lowest BCUT2D eigenvalue weighted by Crippen LogP contribution is -2.15. The minimum Gasteiger partial charge on any atom is -0.495 e. The van der Waals surface area contributed by atoms with Gasteiger partial charge in [-0.1, -0.05) is 23.2 Å². The van der Waals surface area contributed by atoms with Crippen molar-refractivity contribution in [2.24, 2.45) is 0 Å². The molecule has 24 heavy (non-hydrogen) atoms. The second kappa shape index (κ2) is 6.70. The van der Waals surface area contributed by atoms with Gasteiger partial charge in [-0.3, -0.25) is 4.72 Å². The van der Waals surface area contributed by atoms with E-state index in [2.05, 4.69) is 4.72 Å². The number of alkyl halides is 3. The summed E-state index contributed by atoms with van der Waals surface area (Å²) in [5.41, 5.74) is -1.37. The monoisotopic (exact) mass is 399 g/mol. The first-order valence-corrected chi connectivity index (χ1v) is 8.51. The van der Waals surface area contributed by atoms with Gasteiger partial charge in [-0.05, 0) is 36.4 Å². The van der Waals surface area contributed by atoms with Crippen LogP contribution in [0.1, 0.15) is 5.56 Å². The molecule has 2 rings (SSSR count). The average molecular weight is 400 g/mol. The molecule has 0 saturated carbocycles. The minimum absolute atomic E-state index is 0.00412. The SMILES string of the molecule is COc1ccc(C(F)(F)F)cc1NS(=O)(=O)c1ccc(Cl)c(Cl)c1. The van der Waals surface area contributed by atoms with Crippen LogP contribution in [0.2, 0.25) is 10.0 Å². The lowest BCUT2D eigenvalue weighted by atomic mass is 10.2. The summed E-state index contributed by atoms with van der Waals surface area (Å²) in [7, 11) is -2.98. The highest BCUT2D eigenvalue weighted by molar-refractivity contribution is 7.92. The van der Waals surface area contributed by atoms with Gasteiger partial charge in [0, 0.05) is 0 Å². The van der Waals surface area contributed by atoms with Crippen molar-refractivity contribution in [3.8, 4) is 5.75 Å². The second-order valence-corrected chi connectivity index (χ2v) is 7.09. The van der Waals surface area contributed by atoms with Crippen LogP contribution in [0.4, 0.5) is 18.9 Å². The highest BCUT2D eigenvalue weighted by Crippen LogP contribution is 2.36. The summed E-state index contributed by atoms with van der Waals surface area (Å²) >= 11 is 11.5. The van der Waals surface area contributed by atoms with Crippen molar-refractivity contribution in [1.29, 1.82) is 0 Å². The Hall–Kier alpha value is -1.64. The fourth-order valence-electron chi connectivity index (χ4n) is 1.81. The third-order valence-electron chi connectivity index (χ3n) is 2.97. The molecule has 1 N–H and O–H groups in total. The number of benzene rings is 2. The van der Waals surface area contributed by atoms with Crippen molar-refractivity contribution in [3.05, 3.63) is 52.0 Å². The van der Waals surface area contributed by atoms with Crippen molar-refractivity contribution in [3.63, 3.8) is 0 Å². The van der Waals surface area contributed by atoms with Gasteiger partial charge >= 0.3 is 6.18 Å². The smallest absolute Gasteiger partial charge is 0.416 e. The van der Waals surface area contributed by atoms with Crippen molar-refractivity contribution >= 4 is 38.9 Å². The summed E-state index contributed by atoms with van der Waals surface area (Å²) in [6.07, 6.45) is -4.63. The quantitative estimate of drug-likeness (QED) is 0.801. The maximum absolute atomic E-state index is 12.8. The Balaban J connectivity index is 2.46. The van der Waals surface area contributed by atoms with Crippen molar-refractivity contribution in [2.45, 2.75) is 11.1 Å². The molecule has 10 heteroatoms. The van der Waals surface area contributed by atoms with Crippen LogP contribution >= 0.6 is 23.2 Å². The maximum atomic E-state index is 12.8. The number of rotatable bonds is 4. The Morgan fingerprint density at radius 1 is 1.04 bits per heavy atom. The molecule has 0 aliphatic carbocycles. The molecule has 0 aliphatic heterocycles. The van der Waals surface area contributed by atoms with Crippen LogP contribution in [0.3, 0.4) is 0 Å². The van der Waals surface area contributed by atoms with E-state index in [4.69, 9.17) is 27.9 Å². The van der Waals surface area contributed by atoms with Gasteiger partial charge in [-0.15, -0.1) is 0 Å². The van der Waals surface area contributed by atoms with Crippen LogP contribution in [0, 0.1) is 0 Å². The van der Waals surface area contributed by atoms with E-state index in [-0.39, 0.29) is 26.4 Å². The van der Waals surface area contributed by atoms with Gasteiger partial charge in [-0.2, -0.15) is 13.2 Å². The maximum Gasteiger partial charge on any atom is 0.416 e. The first kappa shape index (κ1) is 18.7. The number of nitrogens with one attached hydrogen (secondary N) is 1. The highest BCUT2D eigenvalue weighted by Gasteiger charge is 2.31. The van der Waals surface area contributed by atoms with Crippen LogP contribution in [-0.2, 0) is 16.2 Å². The Labute approximate surface area is 146 Å². The van der Waals surface area contributed by atoms with Crippen molar-refractivity contribution in [1.82, 2.24) is 0 Å². The number of hydrogen-bond acceptors (Lipinski definition) is 3. The fourth-order valence-corrected chi connectivity index (χ4v) is 3.26. The van der Waals surface area contributed by atoms with Gasteiger partial charge in [0.25, 0.3) is 10.0 Å². The molecule has 4 nitrogen and oxygen atoms in total. The molecule has 2 aromatic carbocycles. The molecule has 0 radical (unpaired) electrons. The molecule has 0 saturated heterocycles. The lowest BCUT2D eigenvalue weighted by molar-refractivity contribution is -0.137. The average Bonchev–Trinajstić information content (AvgIpc) is 2.48. The van der Waals surface area contributed by atoms with E-state index >= 15 is 0 Å². The Bertz CT molecular complexity index is 870. The standard InChI is InChI=1S/C14H10Cl2F3NO3S/c1-23-13-5-2-8(14(17,18)19)6-12(13)20-24(21,22)9-3-4-10(15)11(16)7-9/h2-7,20H,1H3. The van der Waals surface area contributed by atoms with Crippen LogP contribution in [0.25, 0.3) is 0 Å². The van der Waals surface area contributed by atoms with Crippen molar-refractivity contribution in [2.75, 3.05) is 11.8 Å². The number of ether oxygens (including phenoxy) is 1. The summed E-state index contributed by atoms with van der Waals surface area (Å²) in [5.74, 6) is -0.0633. The van der Waals surface area contributed by atoms with Gasteiger partial charge < -0.3 is 4.74 Å². The third-order valence-corrected chi connectivity index (χ3v) is 5.07. The van der Waals surface area contributed by atoms with Crippen molar-refractivity contribution < 1.29 is 26.3 Å². The molecule has 0 amide bonds. The number of hydrogen-bond donors (Lipinski definition) is 1. The molecular weight excluding hydrogens is 390 g/mol. The predicted octanol–water partition coefficient (Wildman–Crippen LogP) is 4.82. The van der Waals surface area contributed by atoms with E-state index in [1.165, 1.54) is 19.2 Å². The number of halogens is 5. The summed E-state index contributed by atoms with van der Waals surface area (Å²) in [5, 5.41) is 0.141. The van der Waals surface area contributed by atoms with E-state index in [1.807, 2.05) is 0 Å². The van der Waals surface area contributed by atoms with Crippen LogP contribution in [-0.4, -0.2) is 15.5 Å². The molecule has 0 aliphatic rings. The molecule has 0 bridgehead atoms. The zero-order valence-corrected chi connectivity index (χ0v) is 14.3. The largest absolute Gasteiger partial charge is 0.495 e. The molecule has 0 spiro atoms. The Morgan fingerprint density at radius 2 is 1.71 bits per heavy atom. The lowest BCUT2D eigenvalue weighted by Gasteiger charge is -2.15. The number of sulfonamides is 1. The number of anilines is 1. The first-order chi connectivity index (χ1) is 11.0. The topological polar surface area (TPSA) is 55.4 Å². The Kier molecular flexibility index (Phi) is 5.22. The molecule has 130 valence electrons. The summed E-state index contributed by atoms with van der Waals surface area (Å²) in [6.45, 7) is 0. The molecule has 2 aromatic rings.